The number of carboxylic acid groups (broad SMARTS) is 1. The predicted octanol–water partition coefficient (Wildman–Crippen LogP) is 2.45. The number of rotatable bonds is 8. The molecule has 3 rings (SSSR count). The molecule has 8 heteroatoms. The van der Waals surface area contributed by atoms with Crippen molar-refractivity contribution in [2.24, 2.45) is 5.73 Å². The van der Waals surface area contributed by atoms with Gasteiger partial charge in [0, 0.05) is 10.8 Å². The minimum atomic E-state index is -3.98. The monoisotopic (exact) mass is 376 g/mol. The molecule has 7 nitrogen and oxygen atoms in total. The number of carboxylic acids is 1. The highest BCUT2D eigenvalue weighted by atomic mass is 32.2. The molecule has 3 aromatic rings. The van der Waals surface area contributed by atoms with Crippen LogP contribution in [0.25, 0.3) is 21.9 Å². The van der Waals surface area contributed by atoms with Crippen LogP contribution < -0.4 is 10.5 Å². The number of para-hydroxylation sites is 1. The fourth-order valence-electron chi connectivity index (χ4n) is 2.85. The van der Waals surface area contributed by atoms with Gasteiger partial charge in [0.2, 0.25) is 10.0 Å². The summed E-state index contributed by atoms with van der Waals surface area (Å²) in [6, 6.07) is 10.6. The first-order chi connectivity index (χ1) is 12.4. The molecule has 1 heterocycles. The standard InChI is InChI=1S/C18H20N2O5S/c19-10-4-3-6-15(18(21)22)20-26(23,24)12-8-9-17-14(11-12)13-5-1-2-7-16(13)25-17/h1-2,5,7-9,11,15,20H,3-4,6,10,19H2,(H,21,22). The predicted molar refractivity (Wildman–Crippen MR) is 98.4 cm³/mol. The van der Waals surface area contributed by atoms with Crippen molar-refractivity contribution in [3.63, 3.8) is 0 Å². The second-order valence-electron chi connectivity index (χ2n) is 6.05. The summed E-state index contributed by atoms with van der Waals surface area (Å²) in [4.78, 5) is 11.4. The first-order valence-corrected chi connectivity index (χ1v) is 9.77. The third kappa shape index (κ3) is 3.72. The van der Waals surface area contributed by atoms with E-state index >= 15 is 0 Å². The highest BCUT2D eigenvalue weighted by Crippen LogP contribution is 2.30. The van der Waals surface area contributed by atoms with Crippen LogP contribution in [-0.4, -0.2) is 32.1 Å². The first kappa shape index (κ1) is 18.4. The Morgan fingerprint density at radius 2 is 1.85 bits per heavy atom. The van der Waals surface area contributed by atoms with Crippen LogP contribution in [0.4, 0.5) is 0 Å². The maximum Gasteiger partial charge on any atom is 0.321 e. The van der Waals surface area contributed by atoms with E-state index in [1.807, 2.05) is 18.2 Å². The van der Waals surface area contributed by atoms with Gasteiger partial charge in [-0.25, -0.2) is 8.42 Å². The van der Waals surface area contributed by atoms with Gasteiger partial charge < -0.3 is 15.3 Å². The smallest absolute Gasteiger partial charge is 0.321 e. The summed E-state index contributed by atoms with van der Waals surface area (Å²) in [6.45, 7) is 0.434. The fraction of sp³-hybridized carbons (Fsp3) is 0.278. The van der Waals surface area contributed by atoms with E-state index in [0.717, 1.165) is 5.39 Å². The number of hydrogen-bond acceptors (Lipinski definition) is 5. The highest BCUT2D eigenvalue weighted by Gasteiger charge is 2.25. The van der Waals surface area contributed by atoms with Crippen LogP contribution >= 0.6 is 0 Å². The molecule has 0 spiro atoms. The molecule has 0 radical (unpaired) electrons. The van der Waals surface area contributed by atoms with Gasteiger partial charge in [0.05, 0.1) is 4.90 Å². The summed E-state index contributed by atoms with van der Waals surface area (Å²) in [5, 5.41) is 10.8. The molecular weight excluding hydrogens is 356 g/mol. The van der Waals surface area contributed by atoms with E-state index in [-0.39, 0.29) is 11.3 Å². The minimum Gasteiger partial charge on any atom is -0.480 e. The molecule has 0 fully saturated rings. The number of carbonyl (C=O) groups is 1. The fourth-order valence-corrected chi connectivity index (χ4v) is 4.10. The van der Waals surface area contributed by atoms with Crippen LogP contribution in [0.15, 0.2) is 51.8 Å². The van der Waals surface area contributed by atoms with E-state index in [2.05, 4.69) is 4.72 Å². The minimum absolute atomic E-state index is 0.00151. The second-order valence-corrected chi connectivity index (χ2v) is 7.77. The van der Waals surface area contributed by atoms with Crippen LogP contribution in [0.3, 0.4) is 0 Å². The van der Waals surface area contributed by atoms with Crippen LogP contribution in [0.1, 0.15) is 19.3 Å². The molecule has 1 unspecified atom stereocenters. The molecular formula is C18H20N2O5S. The summed E-state index contributed by atoms with van der Waals surface area (Å²) >= 11 is 0. The van der Waals surface area contributed by atoms with Gasteiger partial charge in [0.15, 0.2) is 0 Å². The Labute approximate surface area is 150 Å². The zero-order chi connectivity index (χ0) is 18.7. The lowest BCUT2D eigenvalue weighted by atomic mass is 10.1. The Balaban J connectivity index is 1.92. The van der Waals surface area contributed by atoms with Crippen molar-refractivity contribution < 1.29 is 22.7 Å². The molecule has 26 heavy (non-hydrogen) atoms. The number of benzene rings is 2. The Morgan fingerprint density at radius 1 is 1.12 bits per heavy atom. The van der Waals surface area contributed by atoms with Crippen molar-refractivity contribution in [1.82, 2.24) is 4.72 Å². The van der Waals surface area contributed by atoms with Crippen LogP contribution in [-0.2, 0) is 14.8 Å². The van der Waals surface area contributed by atoms with Gasteiger partial charge in [0.25, 0.3) is 0 Å². The van der Waals surface area contributed by atoms with E-state index in [1.54, 1.807) is 12.1 Å². The molecule has 0 saturated heterocycles. The number of hydrogen-bond donors (Lipinski definition) is 3. The molecule has 0 amide bonds. The highest BCUT2D eigenvalue weighted by molar-refractivity contribution is 7.89. The Hall–Kier alpha value is -2.42. The number of unbranched alkanes of at least 4 members (excludes halogenated alkanes) is 1. The quantitative estimate of drug-likeness (QED) is 0.519. The molecule has 4 N–H and O–H groups in total. The van der Waals surface area contributed by atoms with Crippen LogP contribution in [0.2, 0.25) is 0 Å². The maximum absolute atomic E-state index is 12.7. The average Bonchev–Trinajstić information content (AvgIpc) is 2.98. The zero-order valence-corrected chi connectivity index (χ0v) is 14.8. The molecule has 0 aliphatic rings. The summed E-state index contributed by atoms with van der Waals surface area (Å²) in [5.41, 5.74) is 6.64. The number of sulfonamides is 1. The molecule has 0 bridgehead atoms. The van der Waals surface area contributed by atoms with Gasteiger partial charge in [-0.15, -0.1) is 0 Å². The first-order valence-electron chi connectivity index (χ1n) is 8.29. The number of nitrogens with one attached hydrogen (secondary N) is 1. The van der Waals surface area contributed by atoms with Gasteiger partial charge in [-0.2, -0.15) is 4.72 Å². The van der Waals surface area contributed by atoms with E-state index in [0.29, 0.717) is 35.9 Å². The van der Waals surface area contributed by atoms with Crippen molar-refractivity contribution in [1.29, 1.82) is 0 Å². The zero-order valence-electron chi connectivity index (χ0n) is 14.0. The van der Waals surface area contributed by atoms with Crippen molar-refractivity contribution in [2.45, 2.75) is 30.2 Å². The number of aliphatic carboxylic acids is 1. The van der Waals surface area contributed by atoms with Crippen molar-refractivity contribution in [3.05, 3.63) is 42.5 Å². The number of fused-ring (bicyclic) bond motifs is 3. The molecule has 138 valence electrons. The maximum atomic E-state index is 12.7. The normalized spacial score (nSPS) is 13.3. The van der Waals surface area contributed by atoms with Gasteiger partial charge in [-0.3, -0.25) is 4.79 Å². The largest absolute Gasteiger partial charge is 0.480 e. The topological polar surface area (TPSA) is 123 Å². The van der Waals surface area contributed by atoms with Crippen LogP contribution in [0, 0.1) is 0 Å². The van der Waals surface area contributed by atoms with Crippen molar-refractivity contribution in [3.8, 4) is 0 Å². The van der Waals surface area contributed by atoms with Gasteiger partial charge in [-0.1, -0.05) is 24.6 Å². The SMILES string of the molecule is NCCCCC(NS(=O)(=O)c1ccc2oc3ccccc3c2c1)C(=O)O. The van der Waals surface area contributed by atoms with Crippen molar-refractivity contribution in [2.75, 3.05) is 6.54 Å². The number of furan rings is 1. The number of nitrogens with two attached hydrogens (primary N) is 1. The van der Waals surface area contributed by atoms with Crippen LogP contribution in [0.5, 0.6) is 0 Å². The summed E-state index contributed by atoms with van der Waals surface area (Å²) < 4.78 is 33.3. The van der Waals surface area contributed by atoms with Gasteiger partial charge in [-0.05, 0) is 43.7 Å². The van der Waals surface area contributed by atoms with E-state index < -0.39 is 22.0 Å². The average molecular weight is 376 g/mol. The van der Waals surface area contributed by atoms with Crippen molar-refractivity contribution >= 4 is 37.9 Å². The third-order valence-corrected chi connectivity index (χ3v) is 5.67. The summed E-state index contributed by atoms with van der Waals surface area (Å²) in [7, 11) is -3.98. The summed E-state index contributed by atoms with van der Waals surface area (Å²) in [5.74, 6) is -1.21. The Kier molecular flexibility index (Phi) is 5.26. The molecule has 1 aromatic heterocycles. The summed E-state index contributed by atoms with van der Waals surface area (Å²) in [6.07, 6.45) is 1.35. The molecule has 0 aliphatic carbocycles. The van der Waals surface area contributed by atoms with Gasteiger partial charge >= 0.3 is 5.97 Å². The Morgan fingerprint density at radius 3 is 2.58 bits per heavy atom. The van der Waals surface area contributed by atoms with E-state index in [4.69, 9.17) is 10.2 Å². The lowest BCUT2D eigenvalue weighted by Crippen LogP contribution is -2.40. The lowest BCUT2D eigenvalue weighted by Gasteiger charge is -2.14. The second kappa shape index (κ2) is 7.45. The van der Waals surface area contributed by atoms with E-state index in [1.165, 1.54) is 12.1 Å². The molecule has 0 aliphatic heterocycles. The van der Waals surface area contributed by atoms with Gasteiger partial charge in [0.1, 0.15) is 17.2 Å². The lowest BCUT2D eigenvalue weighted by molar-refractivity contribution is -0.139. The van der Waals surface area contributed by atoms with E-state index in [9.17, 15) is 18.3 Å². The Bertz CT molecular complexity index is 1040. The molecule has 1 atom stereocenters. The molecule has 0 saturated carbocycles. The third-order valence-electron chi connectivity index (χ3n) is 4.20. The molecule has 2 aromatic carbocycles.